The lowest BCUT2D eigenvalue weighted by atomic mass is 10.2. The minimum absolute atomic E-state index is 0.00739. The Morgan fingerprint density at radius 1 is 1.24 bits per heavy atom. The molecule has 0 radical (unpaired) electrons. The summed E-state index contributed by atoms with van der Waals surface area (Å²) < 4.78 is 5.19. The molecule has 0 saturated heterocycles. The Morgan fingerprint density at radius 3 is 2.48 bits per heavy atom. The van der Waals surface area contributed by atoms with E-state index >= 15 is 0 Å². The zero-order valence-corrected chi connectivity index (χ0v) is 14.0. The van der Waals surface area contributed by atoms with Gasteiger partial charge in [-0.1, -0.05) is 18.5 Å². The van der Waals surface area contributed by atoms with Crippen LogP contribution in [0.1, 0.15) is 34.1 Å². The maximum atomic E-state index is 12.3. The van der Waals surface area contributed by atoms with Gasteiger partial charge in [0.25, 0.3) is 5.91 Å². The minimum Gasteiger partial charge on any atom is -0.478 e. The molecule has 1 heterocycles. The average Bonchev–Trinajstić information content (AvgIpc) is 2.60. The van der Waals surface area contributed by atoms with Crippen LogP contribution in [0.5, 0.6) is 0 Å². The zero-order chi connectivity index (χ0) is 18.4. The van der Waals surface area contributed by atoms with Gasteiger partial charge in [0.2, 0.25) is 0 Å². The number of esters is 1. The number of halogens is 1. The number of nitrogens with one attached hydrogen (secondary N) is 1. The summed E-state index contributed by atoms with van der Waals surface area (Å²) in [7, 11) is 0. The van der Waals surface area contributed by atoms with E-state index in [0.29, 0.717) is 5.69 Å². The molecule has 1 unspecified atom stereocenters. The maximum Gasteiger partial charge on any atom is 0.342 e. The molecule has 2 rings (SSSR count). The van der Waals surface area contributed by atoms with Crippen LogP contribution in [-0.4, -0.2) is 34.0 Å². The fraction of sp³-hybridized carbons (Fsp3) is 0.176. The number of aromatic carboxylic acids is 1. The average molecular weight is 363 g/mol. The van der Waals surface area contributed by atoms with Gasteiger partial charge < -0.3 is 15.2 Å². The number of hydrogen-bond donors (Lipinski definition) is 2. The highest BCUT2D eigenvalue weighted by Gasteiger charge is 2.23. The van der Waals surface area contributed by atoms with Crippen molar-refractivity contribution in [2.45, 2.75) is 19.4 Å². The molecule has 1 atom stereocenters. The highest BCUT2D eigenvalue weighted by molar-refractivity contribution is 6.32. The van der Waals surface area contributed by atoms with Gasteiger partial charge in [0, 0.05) is 11.9 Å². The maximum absolute atomic E-state index is 12.3. The minimum atomic E-state index is -1.06. The molecule has 25 heavy (non-hydrogen) atoms. The number of carbonyl (C=O) groups is 3. The lowest BCUT2D eigenvalue weighted by Gasteiger charge is -2.16. The van der Waals surface area contributed by atoms with Crippen molar-refractivity contribution in [2.24, 2.45) is 0 Å². The normalized spacial score (nSPS) is 11.4. The van der Waals surface area contributed by atoms with E-state index in [1.807, 2.05) is 0 Å². The Labute approximate surface area is 148 Å². The van der Waals surface area contributed by atoms with Gasteiger partial charge in [0.05, 0.1) is 11.1 Å². The van der Waals surface area contributed by atoms with Crippen LogP contribution >= 0.6 is 11.6 Å². The molecule has 7 nitrogen and oxygen atoms in total. The van der Waals surface area contributed by atoms with Crippen molar-refractivity contribution in [3.05, 3.63) is 58.9 Å². The van der Waals surface area contributed by atoms with Gasteiger partial charge in [-0.2, -0.15) is 0 Å². The lowest BCUT2D eigenvalue weighted by molar-refractivity contribution is -0.124. The first kappa shape index (κ1) is 18.4. The Balaban J connectivity index is 2.04. The first-order chi connectivity index (χ1) is 11.9. The molecule has 2 N–H and O–H groups in total. The number of pyridine rings is 1. The molecule has 8 heteroatoms. The number of carboxylic acids is 1. The summed E-state index contributed by atoms with van der Waals surface area (Å²) in [6, 6.07) is 8.61. The highest BCUT2D eigenvalue weighted by atomic mass is 35.5. The number of carboxylic acid groups (broad SMARTS) is 1. The second kappa shape index (κ2) is 8.25. The molecule has 0 fully saturated rings. The van der Waals surface area contributed by atoms with Gasteiger partial charge in [0.15, 0.2) is 6.10 Å². The molecular formula is C17H15ClN2O5. The number of hydrogen-bond acceptors (Lipinski definition) is 5. The van der Waals surface area contributed by atoms with E-state index in [4.69, 9.17) is 21.4 Å². The number of aromatic nitrogens is 1. The highest BCUT2D eigenvalue weighted by Crippen LogP contribution is 2.16. The van der Waals surface area contributed by atoms with Crippen LogP contribution in [0, 0.1) is 0 Å². The molecule has 0 aliphatic heterocycles. The van der Waals surface area contributed by atoms with Gasteiger partial charge in [-0.05, 0) is 42.8 Å². The predicted molar refractivity (Wildman–Crippen MR) is 90.8 cm³/mol. The predicted octanol–water partition coefficient (Wildman–Crippen LogP) is 3.01. The fourth-order valence-corrected chi connectivity index (χ4v) is 2.17. The van der Waals surface area contributed by atoms with Crippen LogP contribution in [0.15, 0.2) is 42.6 Å². The molecule has 0 aliphatic carbocycles. The lowest BCUT2D eigenvalue weighted by Crippen LogP contribution is -2.32. The van der Waals surface area contributed by atoms with E-state index in [1.54, 1.807) is 6.92 Å². The van der Waals surface area contributed by atoms with Crippen LogP contribution in [-0.2, 0) is 9.53 Å². The van der Waals surface area contributed by atoms with Crippen molar-refractivity contribution in [3.63, 3.8) is 0 Å². The van der Waals surface area contributed by atoms with Crippen molar-refractivity contribution in [1.82, 2.24) is 4.98 Å². The summed E-state index contributed by atoms with van der Waals surface area (Å²) in [4.78, 5) is 39.0. The fourth-order valence-electron chi connectivity index (χ4n) is 1.97. The van der Waals surface area contributed by atoms with Gasteiger partial charge in [-0.3, -0.25) is 4.79 Å². The molecule has 1 amide bonds. The third-order valence-electron chi connectivity index (χ3n) is 3.29. The topological polar surface area (TPSA) is 106 Å². The molecule has 2 aromatic rings. The largest absolute Gasteiger partial charge is 0.478 e. The van der Waals surface area contributed by atoms with Crippen LogP contribution in [0.25, 0.3) is 0 Å². The smallest absolute Gasteiger partial charge is 0.342 e. The molecular weight excluding hydrogens is 348 g/mol. The van der Waals surface area contributed by atoms with E-state index in [9.17, 15) is 14.4 Å². The second-order valence-electron chi connectivity index (χ2n) is 5.02. The first-order valence-electron chi connectivity index (χ1n) is 7.38. The van der Waals surface area contributed by atoms with Crippen molar-refractivity contribution in [1.29, 1.82) is 0 Å². The number of ether oxygens (including phenoxy) is 1. The zero-order valence-electron chi connectivity index (χ0n) is 13.2. The van der Waals surface area contributed by atoms with E-state index in [0.717, 1.165) is 0 Å². The van der Waals surface area contributed by atoms with Crippen molar-refractivity contribution in [3.8, 4) is 0 Å². The number of benzene rings is 1. The molecule has 130 valence electrons. The molecule has 0 bridgehead atoms. The monoisotopic (exact) mass is 362 g/mol. The van der Waals surface area contributed by atoms with Crippen molar-refractivity contribution >= 4 is 35.1 Å². The van der Waals surface area contributed by atoms with Crippen molar-refractivity contribution in [2.75, 3.05) is 5.32 Å². The van der Waals surface area contributed by atoms with Crippen molar-refractivity contribution < 1.29 is 24.2 Å². The molecule has 1 aromatic carbocycles. The van der Waals surface area contributed by atoms with Crippen LogP contribution in [0.4, 0.5) is 5.69 Å². The quantitative estimate of drug-likeness (QED) is 0.604. The summed E-state index contributed by atoms with van der Waals surface area (Å²) in [5, 5.41) is 11.4. The Kier molecular flexibility index (Phi) is 6.08. The van der Waals surface area contributed by atoms with Gasteiger partial charge in [0.1, 0.15) is 5.15 Å². The number of carbonyl (C=O) groups excluding carboxylic acids is 2. The molecule has 0 spiro atoms. The molecule has 0 saturated carbocycles. The van der Waals surface area contributed by atoms with Gasteiger partial charge in [-0.15, -0.1) is 0 Å². The van der Waals surface area contributed by atoms with E-state index < -0.39 is 23.9 Å². The summed E-state index contributed by atoms with van der Waals surface area (Å²) in [5.41, 5.74) is 0.563. The Bertz CT molecular complexity index is 792. The third-order valence-corrected chi connectivity index (χ3v) is 3.59. The third kappa shape index (κ3) is 4.77. The first-order valence-corrected chi connectivity index (χ1v) is 7.76. The van der Waals surface area contributed by atoms with Crippen LogP contribution in [0.2, 0.25) is 5.15 Å². The van der Waals surface area contributed by atoms with Gasteiger partial charge in [-0.25, -0.2) is 14.6 Å². The summed E-state index contributed by atoms with van der Waals surface area (Å²) in [6.45, 7) is 1.69. The van der Waals surface area contributed by atoms with E-state index in [-0.39, 0.29) is 22.7 Å². The summed E-state index contributed by atoms with van der Waals surface area (Å²) >= 11 is 5.83. The second-order valence-corrected chi connectivity index (χ2v) is 5.37. The number of amides is 1. The molecule has 1 aromatic heterocycles. The molecule has 0 aliphatic rings. The van der Waals surface area contributed by atoms with Gasteiger partial charge >= 0.3 is 11.9 Å². The van der Waals surface area contributed by atoms with E-state index in [1.165, 1.54) is 42.6 Å². The Hall–Kier alpha value is -2.93. The number of anilines is 1. The Morgan fingerprint density at radius 2 is 1.92 bits per heavy atom. The standard InChI is InChI=1S/C17H15ClN2O5/c1-2-13(25-17(24)12-4-3-9-19-14(12)18)15(21)20-11-7-5-10(6-8-11)16(22)23/h3-9,13H,2H2,1H3,(H,20,21)(H,22,23). The van der Waals surface area contributed by atoms with Crippen LogP contribution in [0.3, 0.4) is 0 Å². The SMILES string of the molecule is CCC(OC(=O)c1cccnc1Cl)C(=O)Nc1ccc(C(=O)O)cc1. The van der Waals surface area contributed by atoms with E-state index in [2.05, 4.69) is 10.3 Å². The van der Waals surface area contributed by atoms with Crippen LogP contribution < -0.4 is 5.32 Å². The summed E-state index contributed by atoms with van der Waals surface area (Å²) in [6.07, 6.45) is 0.662. The summed E-state index contributed by atoms with van der Waals surface area (Å²) in [5.74, 6) is -2.34. The number of rotatable bonds is 6. The number of nitrogens with zero attached hydrogens (tertiary/aromatic N) is 1.